The van der Waals surface area contributed by atoms with Crippen LogP contribution in [0, 0.1) is 0 Å². The minimum atomic E-state index is 1.23. The van der Waals surface area contributed by atoms with Gasteiger partial charge in [-0.25, -0.2) is 0 Å². The van der Waals surface area contributed by atoms with Crippen molar-refractivity contribution in [1.29, 1.82) is 0 Å². The van der Waals surface area contributed by atoms with Crippen LogP contribution in [0.5, 0.6) is 0 Å². The Hall–Kier alpha value is -2.60. The van der Waals surface area contributed by atoms with E-state index >= 15 is 0 Å². The van der Waals surface area contributed by atoms with E-state index in [1.807, 2.05) is 0 Å². The highest BCUT2D eigenvalue weighted by molar-refractivity contribution is 6.44. The van der Waals surface area contributed by atoms with Gasteiger partial charge in [-0.1, -0.05) is 48.5 Å². The van der Waals surface area contributed by atoms with Crippen LogP contribution in [0.3, 0.4) is 0 Å². The SMILES string of the molecule is c1cc2ccc3cc4c5c(cc6ccc1c1c2c3c5c61)CCC4. The molecule has 1 aliphatic rings. The predicted molar refractivity (Wildman–Crippen MR) is 99.6 cm³/mol. The monoisotopic (exact) mass is 290 g/mol. The molecule has 0 unspecified atom stereocenters. The molecule has 0 amide bonds. The summed E-state index contributed by atoms with van der Waals surface area (Å²) in [4.78, 5) is 0. The lowest BCUT2D eigenvalue weighted by atomic mass is 9.85. The first-order valence-electron chi connectivity index (χ1n) is 8.59. The first kappa shape index (κ1) is 11.0. The number of benzene rings is 5. The molecule has 6 aromatic carbocycles. The molecule has 0 radical (unpaired) electrons. The highest BCUT2D eigenvalue weighted by Gasteiger charge is 2.24. The van der Waals surface area contributed by atoms with Gasteiger partial charge in [-0.15, -0.1) is 0 Å². The molecule has 0 atom stereocenters. The lowest BCUT2D eigenvalue weighted by molar-refractivity contribution is 0.810. The van der Waals surface area contributed by atoms with Crippen LogP contribution in [0.1, 0.15) is 17.5 Å². The van der Waals surface area contributed by atoms with Crippen LogP contribution in [-0.2, 0) is 12.8 Å². The van der Waals surface area contributed by atoms with Crippen LogP contribution >= 0.6 is 0 Å². The molecule has 0 heterocycles. The first-order valence-corrected chi connectivity index (χ1v) is 8.59. The van der Waals surface area contributed by atoms with Crippen molar-refractivity contribution in [3.63, 3.8) is 0 Å². The average Bonchev–Trinajstić information content (AvgIpc) is 2.96. The molecule has 0 nitrogen and oxygen atoms in total. The molecule has 0 heteroatoms. The molecule has 0 fully saturated rings. The molecular weight excluding hydrogens is 276 g/mol. The van der Waals surface area contributed by atoms with E-state index in [1.165, 1.54) is 62.4 Å². The summed E-state index contributed by atoms with van der Waals surface area (Å²) in [7, 11) is 0. The first-order chi connectivity index (χ1) is 11.4. The average molecular weight is 290 g/mol. The van der Waals surface area contributed by atoms with Crippen molar-refractivity contribution in [3.8, 4) is 0 Å². The minimum Gasteiger partial charge on any atom is -0.0537 e. The predicted octanol–water partition coefficient (Wildman–Crippen LogP) is 6.25. The summed E-state index contributed by atoms with van der Waals surface area (Å²) in [6.45, 7) is 0. The molecule has 0 spiro atoms. The van der Waals surface area contributed by atoms with Crippen molar-refractivity contribution in [2.75, 3.05) is 0 Å². The molecule has 0 saturated heterocycles. The smallest absolute Gasteiger partial charge is 0.000832 e. The topological polar surface area (TPSA) is 0 Å². The lowest BCUT2D eigenvalue weighted by Crippen LogP contribution is -2.01. The molecule has 23 heavy (non-hydrogen) atoms. The van der Waals surface area contributed by atoms with Gasteiger partial charge in [0.2, 0.25) is 0 Å². The van der Waals surface area contributed by atoms with E-state index in [0.29, 0.717) is 0 Å². The fraction of sp³-hybridized carbons (Fsp3) is 0.130. The Labute approximate surface area is 133 Å². The summed E-state index contributed by atoms with van der Waals surface area (Å²) in [6.07, 6.45) is 3.75. The summed E-state index contributed by atoms with van der Waals surface area (Å²) >= 11 is 0. The van der Waals surface area contributed by atoms with Crippen molar-refractivity contribution < 1.29 is 0 Å². The molecule has 106 valence electrons. The second kappa shape index (κ2) is 3.33. The second-order valence-electron chi connectivity index (χ2n) is 7.26. The van der Waals surface area contributed by atoms with Crippen LogP contribution in [0.2, 0.25) is 0 Å². The molecular formula is C23H14. The van der Waals surface area contributed by atoms with Gasteiger partial charge in [-0.2, -0.15) is 0 Å². The van der Waals surface area contributed by atoms with Gasteiger partial charge in [-0.05, 0) is 84.3 Å². The van der Waals surface area contributed by atoms with E-state index in [2.05, 4.69) is 48.5 Å². The third-order valence-electron chi connectivity index (χ3n) is 6.18. The maximum atomic E-state index is 2.47. The van der Waals surface area contributed by atoms with Gasteiger partial charge in [0, 0.05) is 0 Å². The zero-order valence-electron chi connectivity index (χ0n) is 12.7. The van der Waals surface area contributed by atoms with Crippen LogP contribution in [-0.4, -0.2) is 0 Å². The Kier molecular flexibility index (Phi) is 1.60. The summed E-state index contributed by atoms with van der Waals surface area (Å²) in [5, 5.41) is 14.8. The van der Waals surface area contributed by atoms with Crippen molar-refractivity contribution in [2.24, 2.45) is 0 Å². The Morgan fingerprint density at radius 3 is 1.39 bits per heavy atom. The van der Waals surface area contributed by atoms with Crippen molar-refractivity contribution in [2.45, 2.75) is 19.3 Å². The van der Waals surface area contributed by atoms with Crippen LogP contribution in [0.4, 0.5) is 0 Å². The van der Waals surface area contributed by atoms with Crippen LogP contribution in [0.15, 0.2) is 48.5 Å². The number of hydrogen-bond acceptors (Lipinski definition) is 0. The van der Waals surface area contributed by atoms with Gasteiger partial charge in [0.15, 0.2) is 0 Å². The molecule has 6 aromatic rings. The van der Waals surface area contributed by atoms with Gasteiger partial charge in [0.25, 0.3) is 0 Å². The standard InChI is InChI=1S/C23H14/c1-2-14-10-16-8-6-12-4-5-13-7-9-17-11-15(3-1)18(14)23-21(16)19(12)20(13)22(17)23/h4-11H,1-3H2. The van der Waals surface area contributed by atoms with Crippen LogP contribution in [0.25, 0.3) is 53.9 Å². The summed E-state index contributed by atoms with van der Waals surface area (Å²) in [5.74, 6) is 0. The van der Waals surface area contributed by atoms with E-state index in [0.717, 1.165) is 0 Å². The van der Waals surface area contributed by atoms with E-state index in [9.17, 15) is 0 Å². The fourth-order valence-corrected chi connectivity index (χ4v) is 5.33. The van der Waals surface area contributed by atoms with E-state index in [-0.39, 0.29) is 0 Å². The molecule has 0 aromatic heterocycles. The molecule has 7 rings (SSSR count). The Morgan fingerprint density at radius 2 is 0.870 bits per heavy atom. The third-order valence-corrected chi connectivity index (χ3v) is 6.18. The quantitative estimate of drug-likeness (QED) is 0.290. The van der Waals surface area contributed by atoms with Gasteiger partial charge >= 0.3 is 0 Å². The van der Waals surface area contributed by atoms with E-state index in [4.69, 9.17) is 0 Å². The lowest BCUT2D eigenvalue weighted by Gasteiger charge is -2.19. The maximum absolute atomic E-state index is 2.47. The highest BCUT2D eigenvalue weighted by Crippen LogP contribution is 2.50. The molecule has 0 saturated carbocycles. The summed E-state index contributed by atoms with van der Waals surface area (Å²) in [5.41, 5.74) is 3.14. The van der Waals surface area contributed by atoms with Crippen molar-refractivity contribution >= 4 is 53.9 Å². The molecule has 0 aliphatic heterocycles. The molecule has 0 N–H and O–H groups in total. The fourth-order valence-electron chi connectivity index (χ4n) is 5.33. The van der Waals surface area contributed by atoms with Crippen molar-refractivity contribution in [3.05, 3.63) is 59.7 Å². The van der Waals surface area contributed by atoms with Gasteiger partial charge in [-0.3, -0.25) is 0 Å². The Morgan fingerprint density at radius 1 is 0.435 bits per heavy atom. The second-order valence-corrected chi connectivity index (χ2v) is 7.26. The summed E-state index contributed by atoms with van der Waals surface area (Å²) in [6, 6.07) is 18.8. The number of aryl methyl sites for hydroxylation is 2. The zero-order chi connectivity index (χ0) is 14.7. The maximum Gasteiger partial charge on any atom is -0.000832 e. The van der Waals surface area contributed by atoms with Gasteiger partial charge in [0.05, 0.1) is 0 Å². The largest absolute Gasteiger partial charge is 0.0537 e. The molecule has 0 bridgehead atoms. The van der Waals surface area contributed by atoms with E-state index in [1.54, 1.807) is 21.9 Å². The Bertz CT molecular complexity index is 1270. The normalized spacial score (nSPS) is 15.3. The van der Waals surface area contributed by atoms with Crippen LogP contribution < -0.4 is 0 Å². The number of hydrogen-bond donors (Lipinski definition) is 0. The number of rotatable bonds is 0. The van der Waals surface area contributed by atoms with Gasteiger partial charge < -0.3 is 0 Å². The molecule has 1 aliphatic carbocycles. The Balaban J connectivity index is 2.04. The summed E-state index contributed by atoms with van der Waals surface area (Å²) < 4.78 is 0. The van der Waals surface area contributed by atoms with E-state index < -0.39 is 0 Å². The minimum absolute atomic E-state index is 1.23. The zero-order valence-corrected chi connectivity index (χ0v) is 12.7. The third kappa shape index (κ3) is 1.06. The van der Waals surface area contributed by atoms with Gasteiger partial charge in [0.1, 0.15) is 0 Å². The highest BCUT2D eigenvalue weighted by atomic mass is 14.3. The van der Waals surface area contributed by atoms with Crippen molar-refractivity contribution in [1.82, 2.24) is 0 Å².